The van der Waals surface area contributed by atoms with E-state index < -0.39 is 0 Å². The van der Waals surface area contributed by atoms with Crippen LogP contribution in [0.4, 0.5) is 22.7 Å². The monoisotopic (exact) mass is 1540 g/mol. The van der Waals surface area contributed by atoms with Gasteiger partial charge in [0.05, 0.1) is 6.04 Å². The fourth-order valence-corrected chi connectivity index (χ4v) is 27.3. The number of anilines is 4. The normalized spacial score (nSPS) is 33.0. The molecule has 117 heavy (non-hydrogen) atoms. The number of allylic oxidation sites excluding steroid dienone is 21. The van der Waals surface area contributed by atoms with Gasteiger partial charge in [-0.2, -0.15) is 0 Å². The molecule has 18 atom stereocenters. The lowest BCUT2D eigenvalue weighted by Crippen LogP contribution is -2.67. The van der Waals surface area contributed by atoms with Crippen LogP contribution >= 0.6 is 0 Å². The summed E-state index contributed by atoms with van der Waals surface area (Å²) < 4.78 is 0. The zero-order valence-corrected chi connectivity index (χ0v) is 72.1. The molecule has 594 valence electrons. The zero-order chi connectivity index (χ0) is 79.2. The molecule has 9 heteroatoms. The molecule has 2 saturated heterocycles. The Bertz CT molecular complexity index is 5440. The molecule has 11 aliphatic carbocycles. The van der Waals surface area contributed by atoms with Crippen molar-refractivity contribution >= 4 is 59.4 Å². The first-order valence-corrected chi connectivity index (χ1v) is 46.6. The molecule has 6 aliphatic heterocycles. The van der Waals surface area contributed by atoms with Crippen LogP contribution in [0, 0.1) is 63.2 Å². The average Bonchev–Trinajstić information content (AvgIpc) is 0.706. The molecule has 18 unspecified atom stereocenters. The summed E-state index contributed by atoms with van der Waals surface area (Å²) in [5.74, 6) is 5.96. The predicted octanol–water partition coefficient (Wildman–Crippen LogP) is 24.8. The van der Waals surface area contributed by atoms with Gasteiger partial charge in [-0.15, -0.1) is 0 Å². The van der Waals surface area contributed by atoms with E-state index in [9.17, 15) is 0 Å². The van der Waals surface area contributed by atoms with E-state index in [1.54, 1.807) is 44.6 Å². The van der Waals surface area contributed by atoms with E-state index in [0.717, 1.165) is 57.3 Å². The minimum absolute atomic E-state index is 0.127. The summed E-state index contributed by atoms with van der Waals surface area (Å²) in [6, 6.07) is 45.4. The highest BCUT2D eigenvalue weighted by atomic mass is 15.3. The summed E-state index contributed by atoms with van der Waals surface area (Å²) >= 11 is 0. The van der Waals surface area contributed by atoms with Crippen LogP contribution in [0.2, 0.25) is 23.3 Å². The fraction of sp³-hybridized carbons (Fsp3) is 0.444. The first-order chi connectivity index (χ1) is 56.9. The standard InChI is InChI=1S/C108H123B3N6/c1-64-13-31-82(32-14-64)112-94-43-25-70(7)49-88(94)109-91-61-76(28-46-97(91)115(85-37-19-67(4)20-38-85)103-55-73(10)52-100(112)106(103)109)79-58-80(77-29-47-98-92(62-77)110-89-50-71(8)26-44-95(89)113(83-33-15-65(2)16-34-83)101-53-74(11)56-104(107(101)110)116(98)86-39-21-68(5)22-40-86)60-81(59-79)78-30-48-99-93(63-78)111-90-51-72(9)27-45-96(90)114(84-35-17-66(3)18-36-84)102-54-75(12)57-105(108(102)111)117(99)87-41-23-69(6)24-42-87/h13-17,19,23-25,27-28,31-39,41,43,45-46,49,51-53,56,58-60,62,66-68,71,73,75-76,78,87,89,92,95,98,102,104-105,107-108H,18,20-22,26,29-30,40,42,44,47-48,50,54-55,57,61,63H2,1-12H3. The topological polar surface area (TPSA) is 19.4 Å². The molecule has 0 spiro atoms. The smallest absolute Gasteiger partial charge is 0.247 e. The number of hydrogen-bond donors (Lipinski definition) is 0. The van der Waals surface area contributed by atoms with Crippen molar-refractivity contribution in [1.82, 2.24) is 14.7 Å². The quantitative estimate of drug-likeness (QED) is 0.136. The van der Waals surface area contributed by atoms with Crippen LogP contribution in [-0.4, -0.2) is 71.1 Å². The minimum atomic E-state index is 0.127. The summed E-state index contributed by atoms with van der Waals surface area (Å²) in [6.45, 7) is 30.0. The Labute approximate surface area is 702 Å². The molecule has 0 radical (unpaired) electrons. The number of nitrogens with zero attached hydrogens (tertiary/aromatic N) is 6. The third-order valence-electron chi connectivity index (χ3n) is 32.6. The van der Waals surface area contributed by atoms with Gasteiger partial charge in [0.2, 0.25) is 13.4 Å². The van der Waals surface area contributed by atoms with Crippen LogP contribution < -0.4 is 25.6 Å². The van der Waals surface area contributed by atoms with Gasteiger partial charge in [0.15, 0.2) is 6.71 Å². The maximum Gasteiger partial charge on any atom is 0.247 e. The molecule has 6 heterocycles. The van der Waals surface area contributed by atoms with Gasteiger partial charge in [-0.05, 0) is 303 Å². The van der Waals surface area contributed by atoms with Gasteiger partial charge in [0, 0.05) is 110 Å². The van der Waals surface area contributed by atoms with Gasteiger partial charge in [0.25, 0.3) is 0 Å². The Morgan fingerprint density at radius 2 is 1.20 bits per heavy atom. The molecule has 0 aromatic heterocycles. The van der Waals surface area contributed by atoms with Gasteiger partial charge in [0.1, 0.15) is 0 Å². The Balaban J connectivity index is 0.723. The van der Waals surface area contributed by atoms with Crippen LogP contribution in [0.5, 0.6) is 0 Å². The molecule has 0 N–H and O–H groups in total. The third-order valence-corrected chi connectivity index (χ3v) is 32.6. The molecule has 6 nitrogen and oxygen atoms in total. The molecular weight excluding hydrogens is 1410 g/mol. The van der Waals surface area contributed by atoms with E-state index in [1.165, 1.54) is 171 Å². The Kier molecular flexibility index (Phi) is 18.5. The number of rotatable bonds is 9. The van der Waals surface area contributed by atoms with E-state index in [2.05, 4.69) is 313 Å². The molecule has 0 bridgehead atoms. The van der Waals surface area contributed by atoms with Crippen LogP contribution in [-0.2, 0) is 0 Å². The van der Waals surface area contributed by atoms with E-state index in [4.69, 9.17) is 0 Å². The second-order valence-corrected chi connectivity index (χ2v) is 40.9. The molecule has 4 fully saturated rings. The van der Waals surface area contributed by atoms with Crippen molar-refractivity contribution in [1.29, 1.82) is 0 Å². The molecule has 0 amide bonds. The lowest BCUT2D eigenvalue weighted by atomic mass is 9.20. The summed E-state index contributed by atoms with van der Waals surface area (Å²) in [4.78, 5) is 17.6. The van der Waals surface area contributed by atoms with Gasteiger partial charge in [-0.3, -0.25) is 0 Å². The third kappa shape index (κ3) is 12.4. The highest BCUT2D eigenvalue weighted by Gasteiger charge is 2.63. The molecule has 2 saturated carbocycles. The molecule has 5 aromatic carbocycles. The van der Waals surface area contributed by atoms with Crippen LogP contribution in [0.15, 0.2) is 273 Å². The summed E-state index contributed by atoms with van der Waals surface area (Å²) in [5, 5.41) is 0. The Hall–Kier alpha value is -8.81. The number of hydrogen-bond acceptors (Lipinski definition) is 6. The predicted molar refractivity (Wildman–Crippen MR) is 495 cm³/mol. The van der Waals surface area contributed by atoms with Gasteiger partial charge in [-0.25, -0.2) is 0 Å². The summed E-state index contributed by atoms with van der Waals surface area (Å²) in [7, 11) is 0. The maximum atomic E-state index is 3.13. The van der Waals surface area contributed by atoms with E-state index in [0.29, 0.717) is 108 Å². The van der Waals surface area contributed by atoms with Gasteiger partial charge < -0.3 is 29.4 Å². The van der Waals surface area contributed by atoms with Crippen LogP contribution in [0.1, 0.15) is 222 Å². The van der Waals surface area contributed by atoms with Crippen molar-refractivity contribution in [3.8, 4) is 0 Å². The van der Waals surface area contributed by atoms with E-state index in [-0.39, 0.29) is 12.6 Å². The van der Waals surface area contributed by atoms with Crippen molar-refractivity contribution in [3.05, 3.63) is 312 Å². The fourth-order valence-electron chi connectivity index (χ4n) is 27.3. The zero-order valence-electron chi connectivity index (χ0n) is 72.1. The van der Waals surface area contributed by atoms with Crippen molar-refractivity contribution in [2.45, 2.75) is 270 Å². The molecule has 22 rings (SSSR count). The molecular formula is C108H123B3N6. The summed E-state index contributed by atoms with van der Waals surface area (Å²) in [6.07, 6.45) is 63.1. The van der Waals surface area contributed by atoms with Crippen molar-refractivity contribution in [3.63, 3.8) is 0 Å². The first-order valence-electron chi connectivity index (χ1n) is 46.6. The Morgan fingerprint density at radius 3 is 1.94 bits per heavy atom. The highest BCUT2D eigenvalue weighted by Crippen LogP contribution is 2.64. The minimum Gasteiger partial charge on any atom is -0.366 e. The van der Waals surface area contributed by atoms with E-state index in [1.807, 2.05) is 0 Å². The van der Waals surface area contributed by atoms with E-state index >= 15 is 0 Å². The second-order valence-electron chi connectivity index (χ2n) is 40.9. The number of aryl methyl sites for hydroxylation is 4. The van der Waals surface area contributed by atoms with Crippen molar-refractivity contribution in [2.75, 3.05) is 14.7 Å². The largest absolute Gasteiger partial charge is 0.366 e. The van der Waals surface area contributed by atoms with Crippen LogP contribution in [0.3, 0.4) is 0 Å². The van der Waals surface area contributed by atoms with Gasteiger partial charge >= 0.3 is 0 Å². The second kappa shape index (κ2) is 29.0. The van der Waals surface area contributed by atoms with Crippen LogP contribution in [0.25, 0.3) is 5.57 Å². The Morgan fingerprint density at radius 1 is 0.462 bits per heavy atom. The lowest BCUT2D eigenvalue weighted by molar-refractivity contribution is 0.118. The maximum absolute atomic E-state index is 3.13. The van der Waals surface area contributed by atoms with Gasteiger partial charge in [-0.1, -0.05) is 237 Å². The number of benzene rings is 5. The highest BCUT2D eigenvalue weighted by molar-refractivity contribution is 6.89. The average molecular weight is 1540 g/mol. The lowest BCUT2D eigenvalue weighted by Gasteiger charge is -2.64. The van der Waals surface area contributed by atoms with Crippen molar-refractivity contribution < 1.29 is 0 Å². The SMILES string of the molecule is CC1=CCC(N2C3=C(CC(c4cc(C5=CC6B7C8CC(C)CCC8N(c8ccc(C)cc8)C8=CC(C)=CC(C78)N(C7=CCC(C)CC7)C6CC5)cc(C5C=CC6=C(C5)B5C7=C(CC(C)C=C7N(c7ccc(C)cc7)c7ccc(C)cc75)N6C5=CCC(C)C=C5)c4)CC3)B3c4cc(C)ccc4N(C4=CCC(C)C=C4)C4CC(C)CC2C34)C=C1. The number of fused-ring (bicyclic) bond motifs is 10. The summed E-state index contributed by atoms with van der Waals surface area (Å²) in [5.41, 5.74) is 40.0. The first kappa shape index (κ1) is 74.5. The van der Waals surface area contributed by atoms with Crippen molar-refractivity contribution in [2.24, 2.45) is 35.5 Å². The molecule has 17 aliphatic rings. The molecule has 5 aromatic rings.